The molecular weight excluding hydrogens is 144 g/mol. The summed E-state index contributed by atoms with van der Waals surface area (Å²) in [5.41, 5.74) is 6.27. The lowest BCUT2D eigenvalue weighted by Gasteiger charge is -2.03. The number of nitrogens with one attached hydrogen (secondary N) is 1. The molecule has 0 saturated heterocycles. The predicted octanol–water partition coefficient (Wildman–Crippen LogP) is -0.736. The number of ketones is 1. The minimum Gasteiger partial charge on any atom is -0.321 e. The number of H-pyrrole nitrogens is 1. The number of hydrogen-bond donors (Lipinski definition) is 2. The van der Waals surface area contributed by atoms with Gasteiger partial charge in [-0.15, -0.1) is 5.10 Å². The third-order valence-electron chi connectivity index (χ3n) is 1.43. The highest BCUT2D eigenvalue weighted by atomic mass is 16.1. The zero-order valence-electron chi connectivity index (χ0n) is 6.24. The van der Waals surface area contributed by atoms with Gasteiger partial charge in [0, 0.05) is 6.42 Å². The molecule has 3 N–H and O–H groups in total. The Morgan fingerprint density at radius 2 is 2.64 bits per heavy atom. The second kappa shape index (κ2) is 3.25. The van der Waals surface area contributed by atoms with E-state index in [1.165, 1.54) is 6.92 Å². The maximum Gasteiger partial charge on any atom is 0.146 e. The Kier molecular flexibility index (Phi) is 2.32. The summed E-state index contributed by atoms with van der Waals surface area (Å²) in [4.78, 5) is 10.7. The van der Waals surface area contributed by atoms with Crippen LogP contribution in [0.4, 0.5) is 0 Å². The minimum atomic E-state index is -0.447. The maximum atomic E-state index is 10.7. The number of nitrogens with zero attached hydrogens (tertiary/aromatic N) is 2. The van der Waals surface area contributed by atoms with Crippen LogP contribution in [-0.2, 0) is 11.2 Å². The summed E-state index contributed by atoms with van der Waals surface area (Å²) in [6.45, 7) is 1.47. The highest BCUT2D eigenvalue weighted by Crippen LogP contribution is 1.94. The molecule has 60 valence electrons. The SMILES string of the molecule is CC(=O)[C@@H](N)Cc1cnn[nH]1. The quantitative estimate of drug-likeness (QED) is 0.600. The summed E-state index contributed by atoms with van der Waals surface area (Å²) >= 11 is 0. The van der Waals surface area contributed by atoms with Crippen molar-refractivity contribution in [2.75, 3.05) is 0 Å². The van der Waals surface area contributed by atoms with Crippen LogP contribution in [0.3, 0.4) is 0 Å². The van der Waals surface area contributed by atoms with Crippen molar-refractivity contribution in [3.8, 4) is 0 Å². The van der Waals surface area contributed by atoms with Crippen molar-refractivity contribution in [1.29, 1.82) is 0 Å². The lowest BCUT2D eigenvalue weighted by molar-refractivity contribution is -0.118. The van der Waals surface area contributed by atoms with Crippen molar-refractivity contribution in [1.82, 2.24) is 15.4 Å². The van der Waals surface area contributed by atoms with E-state index >= 15 is 0 Å². The fourth-order valence-corrected chi connectivity index (χ4v) is 0.700. The molecule has 0 spiro atoms. The van der Waals surface area contributed by atoms with Crippen LogP contribution in [0.25, 0.3) is 0 Å². The van der Waals surface area contributed by atoms with E-state index in [-0.39, 0.29) is 5.78 Å². The van der Waals surface area contributed by atoms with Crippen LogP contribution < -0.4 is 5.73 Å². The van der Waals surface area contributed by atoms with Crippen LogP contribution in [0.15, 0.2) is 6.20 Å². The van der Waals surface area contributed by atoms with Crippen molar-refractivity contribution >= 4 is 5.78 Å². The molecule has 0 aromatic carbocycles. The Labute approximate surface area is 64.0 Å². The molecule has 0 aliphatic rings. The third-order valence-corrected chi connectivity index (χ3v) is 1.43. The fraction of sp³-hybridized carbons (Fsp3) is 0.500. The molecule has 1 aromatic heterocycles. The molecule has 5 nitrogen and oxygen atoms in total. The first kappa shape index (κ1) is 7.87. The van der Waals surface area contributed by atoms with Gasteiger partial charge in [0.15, 0.2) is 0 Å². The molecule has 1 aromatic rings. The number of carbonyl (C=O) groups excluding carboxylic acids is 1. The molecule has 0 saturated carbocycles. The predicted molar refractivity (Wildman–Crippen MR) is 38.7 cm³/mol. The average molecular weight is 154 g/mol. The summed E-state index contributed by atoms with van der Waals surface area (Å²) in [6, 6.07) is -0.447. The summed E-state index contributed by atoms with van der Waals surface area (Å²) < 4.78 is 0. The number of aromatic nitrogens is 3. The zero-order valence-corrected chi connectivity index (χ0v) is 6.24. The minimum absolute atomic E-state index is 0.0281. The van der Waals surface area contributed by atoms with E-state index in [9.17, 15) is 4.79 Å². The maximum absolute atomic E-state index is 10.7. The van der Waals surface area contributed by atoms with Gasteiger partial charge in [-0.2, -0.15) is 0 Å². The molecule has 5 heteroatoms. The molecule has 0 fully saturated rings. The van der Waals surface area contributed by atoms with Gasteiger partial charge in [-0.3, -0.25) is 9.89 Å². The molecule has 11 heavy (non-hydrogen) atoms. The number of rotatable bonds is 3. The Morgan fingerprint density at radius 1 is 1.91 bits per heavy atom. The molecule has 1 rings (SSSR count). The van der Waals surface area contributed by atoms with Crippen LogP contribution in [0.1, 0.15) is 12.6 Å². The highest BCUT2D eigenvalue weighted by molar-refractivity contribution is 5.81. The Morgan fingerprint density at radius 3 is 3.09 bits per heavy atom. The fourth-order valence-electron chi connectivity index (χ4n) is 0.700. The van der Waals surface area contributed by atoms with Gasteiger partial charge in [-0.1, -0.05) is 5.21 Å². The molecule has 0 aliphatic heterocycles. The molecular formula is C6H10N4O. The van der Waals surface area contributed by atoms with Crippen LogP contribution in [0, 0.1) is 0 Å². The molecule has 1 heterocycles. The third kappa shape index (κ3) is 2.12. The van der Waals surface area contributed by atoms with Gasteiger partial charge in [0.05, 0.1) is 17.9 Å². The van der Waals surface area contributed by atoms with Crippen molar-refractivity contribution in [2.45, 2.75) is 19.4 Å². The first-order valence-electron chi connectivity index (χ1n) is 3.31. The van der Waals surface area contributed by atoms with Crippen LogP contribution in [-0.4, -0.2) is 27.2 Å². The van der Waals surface area contributed by atoms with Crippen molar-refractivity contribution in [3.05, 3.63) is 11.9 Å². The molecule has 0 unspecified atom stereocenters. The number of aromatic amines is 1. The first-order chi connectivity index (χ1) is 5.20. The standard InChI is InChI=1S/C6H10N4O/c1-4(11)6(7)2-5-3-8-10-9-5/h3,6H,2,7H2,1H3,(H,8,9,10)/t6-/m0/s1. The second-order valence-electron chi connectivity index (χ2n) is 2.40. The van der Waals surface area contributed by atoms with Gasteiger partial charge in [0.25, 0.3) is 0 Å². The molecule has 0 aliphatic carbocycles. The molecule has 1 atom stereocenters. The topological polar surface area (TPSA) is 84.7 Å². The summed E-state index contributed by atoms with van der Waals surface area (Å²) in [5, 5.41) is 9.68. The van der Waals surface area contributed by atoms with Gasteiger partial charge in [0.2, 0.25) is 0 Å². The van der Waals surface area contributed by atoms with Crippen molar-refractivity contribution in [3.63, 3.8) is 0 Å². The Bertz CT molecular complexity index is 231. The Balaban J connectivity index is 2.50. The lowest BCUT2D eigenvalue weighted by Crippen LogP contribution is -2.30. The number of carbonyl (C=O) groups is 1. The van der Waals surface area contributed by atoms with Crippen LogP contribution in [0.5, 0.6) is 0 Å². The summed E-state index contributed by atoms with van der Waals surface area (Å²) in [6.07, 6.45) is 2.03. The van der Waals surface area contributed by atoms with Crippen molar-refractivity contribution < 1.29 is 4.79 Å². The second-order valence-corrected chi connectivity index (χ2v) is 2.40. The largest absolute Gasteiger partial charge is 0.321 e. The first-order valence-corrected chi connectivity index (χ1v) is 3.31. The van der Waals surface area contributed by atoms with Gasteiger partial charge < -0.3 is 5.73 Å². The van der Waals surface area contributed by atoms with Gasteiger partial charge >= 0.3 is 0 Å². The molecule has 0 amide bonds. The van der Waals surface area contributed by atoms with E-state index in [4.69, 9.17) is 5.73 Å². The highest BCUT2D eigenvalue weighted by Gasteiger charge is 2.09. The normalized spacial score (nSPS) is 12.9. The number of nitrogens with two attached hydrogens (primary N) is 1. The number of hydrogen-bond acceptors (Lipinski definition) is 4. The van der Waals surface area contributed by atoms with Gasteiger partial charge in [-0.05, 0) is 6.92 Å². The monoisotopic (exact) mass is 154 g/mol. The molecule has 0 radical (unpaired) electrons. The van der Waals surface area contributed by atoms with Crippen LogP contribution in [0.2, 0.25) is 0 Å². The zero-order chi connectivity index (χ0) is 8.27. The van der Waals surface area contributed by atoms with E-state index in [2.05, 4.69) is 15.4 Å². The number of Topliss-reactive ketones (excluding diaryl/α,β-unsaturated/α-hetero) is 1. The lowest BCUT2D eigenvalue weighted by atomic mass is 10.1. The van der Waals surface area contributed by atoms with E-state index in [1.807, 2.05) is 0 Å². The summed E-state index contributed by atoms with van der Waals surface area (Å²) in [7, 11) is 0. The molecule has 0 bridgehead atoms. The Hall–Kier alpha value is -1.23. The van der Waals surface area contributed by atoms with Crippen LogP contribution >= 0.6 is 0 Å². The van der Waals surface area contributed by atoms with E-state index < -0.39 is 6.04 Å². The average Bonchev–Trinajstić information content (AvgIpc) is 2.39. The van der Waals surface area contributed by atoms with Gasteiger partial charge in [-0.25, -0.2) is 0 Å². The van der Waals surface area contributed by atoms with E-state index in [0.717, 1.165) is 5.69 Å². The summed E-state index contributed by atoms with van der Waals surface area (Å²) in [5.74, 6) is -0.0281. The van der Waals surface area contributed by atoms with Gasteiger partial charge in [0.1, 0.15) is 5.78 Å². The van der Waals surface area contributed by atoms with E-state index in [0.29, 0.717) is 6.42 Å². The smallest absolute Gasteiger partial charge is 0.146 e. The van der Waals surface area contributed by atoms with E-state index in [1.54, 1.807) is 6.20 Å². The van der Waals surface area contributed by atoms with Crippen molar-refractivity contribution in [2.24, 2.45) is 5.73 Å².